The Balaban J connectivity index is 2.38. The number of hydrogen-bond acceptors (Lipinski definition) is 4. The van der Waals surface area contributed by atoms with E-state index in [4.69, 9.17) is 4.74 Å². The SMILES string of the molecule is CCOC(=O)/C(C=NC1CC1)=C(/O)C1=C(F)CC(F)(C(F)(F)F)C=C1. The molecule has 0 radical (unpaired) electrons. The van der Waals surface area contributed by atoms with Gasteiger partial charge in [0.15, 0.2) is 0 Å². The third-order valence-corrected chi connectivity index (χ3v) is 3.66. The molecule has 1 unspecified atom stereocenters. The van der Waals surface area contributed by atoms with Crippen molar-refractivity contribution in [2.75, 3.05) is 6.61 Å². The highest BCUT2D eigenvalue weighted by Crippen LogP contribution is 2.44. The van der Waals surface area contributed by atoms with E-state index in [0.29, 0.717) is 6.08 Å². The van der Waals surface area contributed by atoms with Crippen molar-refractivity contribution in [3.05, 3.63) is 34.9 Å². The van der Waals surface area contributed by atoms with Gasteiger partial charge in [-0.25, -0.2) is 13.6 Å². The lowest BCUT2D eigenvalue weighted by Gasteiger charge is -2.27. The molecule has 1 fully saturated rings. The lowest BCUT2D eigenvalue weighted by molar-refractivity contribution is -0.212. The number of nitrogens with zero attached hydrogens (tertiary/aromatic N) is 1. The largest absolute Gasteiger partial charge is 0.506 e. The first-order chi connectivity index (χ1) is 11.6. The molecule has 2 aliphatic rings. The van der Waals surface area contributed by atoms with Crippen molar-refractivity contribution >= 4 is 12.2 Å². The predicted molar refractivity (Wildman–Crippen MR) is 79.6 cm³/mol. The molecule has 0 aromatic carbocycles. The molecule has 0 saturated heterocycles. The van der Waals surface area contributed by atoms with Crippen molar-refractivity contribution in [1.82, 2.24) is 0 Å². The summed E-state index contributed by atoms with van der Waals surface area (Å²) < 4.78 is 70.5. The zero-order valence-corrected chi connectivity index (χ0v) is 13.2. The average molecular weight is 365 g/mol. The number of alkyl halides is 4. The minimum Gasteiger partial charge on any atom is -0.506 e. The van der Waals surface area contributed by atoms with Crippen LogP contribution in [0.2, 0.25) is 0 Å². The smallest absolute Gasteiger partial charge is 0.426 e. The third kappa shape index (κ3) is 4.26. The second kappa shape index (κ2) is 6.97. The van der Waals surface area contributed by atoms with Crippen LogP contribution >= 0.6 is 0 Å². The van der Waals surface area contributed by atoms with Gasteiger partial charge in [-0.3, -0.25) is 4.99 Å². The Kier molecular flexibility index (Phi) is 5.34. The monoisotopic (exact) mass is 365 g/mol. The van der Waals surface area contributed by atoms with Crippen molar-refractivity contribution in [3.63, 3.8) is 0 Å². The van der Waals surface area contributed by atoms with E-state index in [1.807, 2.05) is 0 Å². The van der Waals surface area contributed by atoms with Gasteiger partial charge in [-0.05, 0) is 31.9 Å². The quantitative estimate of drug-likeness (QED) is 0.263. The summed E-state index contributed by atoms with van der Waals surface area (Å²) in [6.45, 7) is 1.47. The van der Waals surface area contributed by atoms with Crippen LogP contribution in [0.5, 0.6) is 0 Å². The van der Waals surface area contributed by atoms with Crippen molar-refractivity contribution in [2.24, 2.45) is 4.99 Å². The van der Waals surface area contributed by atoms with Crippen LogP contribution in [0.25, 0.3) is 0 Å². The molecule has 1 atom stereocenters. The molecular weight excluding hydrogens is 349 g/mol. The number of ether oxygens (including phenoxy) is 1. The van der Waals surface area contributed by atoms with Crippen molar-refractivity contribution < 1.29 is 36.6 Å². The summed E-state index contributed by atoms with van der Waals surface area (Å²) in [7, 11) is 0. The molecule has 0 aliphatic heterocycles. The molecule has 1 N–H and O–H groups in total. The first-order valence-electron chi connectivity index (χ1n) is 7.56. The molecule has 0 bridgehead atoms. The molecule has 0 amide bonds. The van der Waals surface area contributed by atoms with Crippen LogP contribution < -0.4 is 0 Å². The van der Waals surface area contributed by atoms with Gasteiger partial charge in [0.2, 0.25) is 5.67 Å². The van der Waals surface area contributed by atoms with Crippen LogP contribution in [0.1, 0.15) is 26.2 Å². The molecule has 0 heterocycles. The van der Waals surface area contributed by atoms with Crippen LogP contribution in [0.15, 0.2) is 39.9 Å². The minimum atomic E-state index is -5.30. The van der Waals surface area contributed by atoms with Gasteiger partial charge in [-0.2, -0.15) is 13.2 Å². The number of carbonyl (C=O) groups excluding carboxylic acids is 1. The Labute approximate surface area is 140 Å². The summed E-state index contributed by atoms with van der Waals surface area (Å²) in [5.41, 5.74) is -5.07. The second-order valence-electron chi connectivity index (χ2n) is 5.68. The first kappa shape index (κ1) is 19.1. The van der Waals surface area contributed by atoms with Gasteiger partial charge in [-0.15, -0.1) is 0 Å². The van der Waals surface area contributed by atoms with E-state index in [0.717, 1.165) is 19.1 Å². The van der Waals surface area contributed by atoms with Crippen molar-refractivity contribution in [2.45, 2.75) is 44.1 Å². The molecule has 0 aromatic rings. The van der Waals surface area contributed by atoms with E-state index in [2.05, 4.69) is 4.99 Å². The third-order valence-electron chi connectivity index (χ3n) is 3.66. The molecule has 4 nitrogen and oxygen atoms in total. The van der Waals surface area contributed by atoms with E-state index in [1.54, 1.807) is 0 Å². The molecule has 1 saturated carbocycles. The van der Waals surface area contributed by atoms with Gasteiger partial charge in [-0.1, -0.05) is 0 Å². The molecular formula is C16H16F5NO3. The van der Waals surface area contributed by atoms with E-state index in [1.165, 1.54) is 6.92 Å². The number of allylic oxidation sites excluding steroid dienone is 3. The Morgan fingerprint density at radius 2 is 2.12 bits per heavy atom. The fraction of sp³-hybridized carbons (Fsp3) is 0.500. The molecule has 25 heavy (non-hydrogen) atoms. The zero-order chi connectivity index (χ0) is 18.8. The first-order valence-corrected chi connectivity index (χ1v) is 7.56. The van der Waals surface area contributed by atoms with Gasteiger partial charge in [0.1, 0.15) is 17.2 Å². The lowest BCUT2D eigenvalue weighted by atomic mass is 9.90. The van der Waals surface area contributed by atoms with Crippen LogP contribution in [-0.2, 0) is 9.53 Å². The van der Waals surface area contributed by atoms with Gasteiger partial charge in [0, 0.05) is 18.2 Å². The molecule has 0 aromatic heterocycles. The minimum absolute atomic E-state index is 0.0262. The lowest BCUT2D eigenvalue weighted by Crippen LogP contribution is -2.40. The van der Waals surface area contributed by atoms with Gasteiger partial charge < -0.3 is 9.84 Å². The highest BCUT2D eigenvalue weighted by Gasteiger charge is 2.56. The Morgan fingerprint density at radius 3 is 2.60 bits per heavy atom. The molecule has 138 valence electrons. The van der Waals surface area contributed by atoms with E-state index < -0.39 is 47.0 Å². The Morgan fingerprint density at radius 1 is 1.48 bits per heavy atom. The fourth-order valence-corrected chi connectivity index (χ4v) is 2.06. The fourth-order valence-electron chi connectivity index (χ4n) is 2.06. The highest BCUT2D eigenvalue weighted by atomic mass is 19.4. The topological polar surface area (TPSA) is 58.9 Å². The standard InChI is InChI=1S/C16H16F5NO3/c1-2-25-14(24)11(8-22-9-3-4-9)13(23)10-5-6-15(18,7-12(10)17)16(19,20)21/h5-6,8-9,23H,2-4,7H2,1H3/b13-11+,22-8?. The summed E-state index contributed by atoms with van der Waals surface area (Å²) >= 11 is 0. The van der Waals surface area contributed by atoms with Crippen molar-refractivity contribution in [3.8, 4) is 0 Å². The van der Waals surface area contributed by atoms with Crippen LogP contribution in [0.4, 0.5) is 22.0 Å². The number of aliphatic hydroxyl groups is 1. The maximum absolute atomic E-state index is 14.0. The number of esters is 1. The Bertz CT molecular complexity index is 674. The molecule has 2 rings (SSSR count). The summed E-state index contributed by atoms with van der Waals surface area (Å²) in [6, 6.07) is -0.0262. The highest BCUT2D eigenvalue weighted by molar-refractivity contribution is 6.10. The van der Waals surface area contributed by atoms with Gasteiger partial charge in [0.05, 0.1) is 12.6 Å². The predicted octanol–water partition coefficient (Wildman–Crippen LogP) is 4.05. The maximum atomic E-state index is 14.0. The van der Waals surface area contributed by atoms with Gasteiger partial charge in [0.25, 0.3) is 0 Å². The number of carbonyl (C=O) groups is 1. The number of aliphatic hydroxyl groups excluding tert-OH is 1. The zero-order valence-electron chi connectivity index (χ0n) is 13.2. The summed E-state index contributed by atoms with van der Waals surface area (Å²) in [4.78, 5) is 15.9. The van der Waals surface area contributed by atoms with Crippen LogP contribution in [0.3, 0.4) is 0 Å². The summed E-state index contributed by atoms with van der Waals surface area (Å²) in [6.07, 6.45) is -3.76. The number of rotatable bonds is 5. The number of hydrogen-bond donors (Lipinski definition) is 1. The van der Waals surface area contributed by atoms with Crippen molar-refractivity contribution in [1.29, 1.82) is 0 Å². The average Bonchev–Trinajstić information content (AvgIpc) is 3.30. The molecule has 2 aliphatic carbocycles. The second-order valence-corrected chi connectivity index (χ2v) is 5.68. The van der Waals surface area contributed by atoms with E-state index in [-0.39, 0.29) is 18.7 Å². The van der Waals surface area contributed by atoms with Crippen LogP contribution in [0, 0.1) is 0 Å². The summed E-state index contributed by atoms with van der Waals surface area (Å²) in [5, 5.41) is 10.1. The van der Waals surface area contributed by atoms with Gasteiger partial charge >= 0.3 is 12.1 Å². The van der Waals surface area contributed by atoms with E-state index >= 15 is 0 Å². The molecule has 0 spiro atoms. The summed E-state index contributed by atoms with van der Waals surface area (Å²) in [5.74, 6) is -3.48. The number of aliphatic imine (C=N–C) groups is 1. The number of halogens is 5. The maximum Gasteiger partial charge on any atom is 0.426 e. The normalized spacial score (nSPS) is 25.4. The van der Waals surface area contributed by atoms with E-state index in [9.17, 15) is 31.9 Å². The molecule has 9 heteroatoms. The van der Waals surface area contributed by atoms with Crippen LogP contribution in [-0.4, -0.2) is 41.8 Å². The Hall–Kier alpha value is -2.19.